The van der Waals surface area contributed by atoms with Gasteiger partial charge in [-0.25, -0.2) is 13.9 Å². The molecule has 1 amide bonds. The normalized spacial score (nSPS) is 11.5. The van der Waals surface area contributed by atoms with Gasteiger partial charge in [0.05, 0.1) is 10.6 Å². The number of hydrogen-bond acceptors (Lipinski definition) is 4. The van der Waals surface area contributed by atoms with E-state index >= 15 is 0 Å². The summed E-state index contributed by atoms with van der Waals surface area (Å²) in [5.41, 5.74) is 2.51. The van der Waals surface area contributed by atoms with Crippen LogP contribution in [0.2, 0.25) is 5.02 Å². The van der Waals surface area contributed by atoms with E-state index in [1.54, 1.807) is 24.3 Å². The van der Waals surface area contributed by atoms with E-state index in [1.165, 1.54) is 42.9 Å². The van der Waals surface area contributed by atoms with Gasteiger partial charge in [-0.05, 0) is 48.0 Å². The van der Waals surface area contributed by atoms with Crippen LogP contribution in [0, 0.1) is 0 Å². The molecule has 2 rings (SSSR count). The molecule has 2 N–H and O–H groups in total. The quantitative estimate of drug-likeness (QED) is 0.484. The lowest BCUT2D eigenvalue weighted by molar-refractivity contribution is -0.124. The van der Waals surface area contributed by atoms with Crippen molar-refractivity contribution >= 4 is 39.3 Å². The van der Waals surface area contributed by atoms with Crippen LogP contribution >= 0.6 is 11.6 Å². The molecule has 0 unspecified atom stereocenters. The van der Waals surface area contributed by atoms with Crippen LogP contribution in [0.4, 0.5) is 5.69 Å². The molecule has 0 aliphatic carbocycles. The Kier molecular flexibility index (Phi) is 5.61. The maximum atomic E-state index is 12.6. The molecule has 24 heavy (non-hydrogen) atoms. The highest BCUT2D eigenvalue weighted by Crippen LogP contribution is 2.24. The number of carbonyl (C=O) groups excluding carboxylic acids is 1. The van der Waals surface area contributed by atoms with Crippen molar-refractivity contribution in [3.05, 3.63) is 65.2 Å². The predicted molar refractivity (Wildman–Crippen MR) is 92.4 cm³/mol. The monoisotopic (exact) mass is 366 g/mol. The first-order valence-electron chi connectivity index (χ1n) is 6.81. The van der Waals surface area contributed by atoms with Gasteiger partial charge in [-0.3, -0.25) is 14.3 Å². The molecule has 0 fully saturated rings. The highest BCUT2D eigenvalue weighted by Gasteiger charge is 2.21. The number of sulfonamides is 1. The molecule has 0 saturated heterocycles. The van der Waals surface area contributed by atoms with Crippen LogP contribution < -0.4 is 9.79 Å². The molecule has 0 saturated carbocycles. The molecule has 0 spiro atoms. The summed E-state index contributed by atoms with van der Waals surface area (Å²) >= 11 is 5.78. The molecule has 0 radical (unpaired) electrons. The summed E-state index contributed by atoms with van der Waals surface area (Å²) in [5.74, 6) is -0.678. The topological polar surface area (TPSA) is 86.7 Å². The Morgan fingerprint density at radius 1 is 1.21 bits per heavy atom. The summed E-state index contributed by atoms with van der Waals surface area (Å²) in [6.45, 7) is 0. The Bertz CT molecular complexity index is 864. The number of nitrogens with one attached hydrogen (secondary N) is 1. The third-order valence-electron chi connectivity index (χ3n) is 3.24. The average molecular weight is 367 g/mol. The van der Waals surface area contributed by atoms with Crippen LogP contribution in [0.5, 0.6) is 0 Å². The van der Waals surface area contributed by atoms with Crippen LogP contribution in [0.1, 0.15) is 5.56 Å². The number of carbonyl (C=O) groups is 1. The number of nitrogens with zero attached hydrogens (tertiary/aromatic N) is 1. The summed E-state index contributed by atoms with van der Waals surface area (Å²) in [5, 5.41) is 8.91. The molecular formula is C16H15ClN2O4S. The minimum atomic E-state index is -3.73. The van der Waals surface area contributed by atoms with Gasteiger partial charge in [0.2, 0.25) is 0 Å². The summed E-state index contributed by atoms with van der Waals surface area (Å²) in [4.78, 5) is 11.1. The highest BCUT2D eigenvalue weighted by molar-refractivity contribution is 7.92. The van der Waals surface area contributed by atoms with E-state index in [-0.39, 0.29) is 4.90 Å². The number of hydrogen-bond donors (Lipinski definition) is 2. The van der Waals surface area contributed by atoms with Crippen molar-refractivity contribution in [1.82, 2.24) is 5.48 Å². The first-order valence-corrected chi connectivity index (χ1v) is 8.63. The fourth-order valence-corrected chi connectivity index (χ4v) is 3.25. The zero-order valence-corrected chi connectivity index (χ0v) is 14.3. The van der Waals surface area contributed by atoms with Crippen LogP contribution in [-0.2, 0) is 14.8 Å². The molecular weight excluding hydrogens is 352 g/mol. The maximum Gasteiger partial charge on any atom is 0.267 e. The minimum absolute atomic E-state index is 0.120. The van der Waals surface area contributed by atoms with Crippen LogP contribution in [-0.4, -0.2) is 26.6 Å². The third kappa shape index (κ3) is 4.14. The van der Waals surface area contributed by atoms with E-state index in [4.69, 9.17) is 16.8 Å². The Hall–Kier alpha value is -2.35. The second kappa shape index (κ2) is 7.48. The Labute approximate surface area is 145 Å². The lowest BCUT2D eigenvalue weighted by Gasteiger charge is -2.20. The van der Waals surface area contributed by atoms with Gasteiger partial charge in [0, 0.05) is 18.1 Å². The Balaban J connectivity index is 2.32. The van der Waals surface area contributed by atoms with E-state index in [0.717, 1.165) is 10.4 Å². The molecule has 2 aromatic carbocycles. The molecule has 0 aliphatic heterocycles. The highest BCUT2D eigenvalue weighted by atomic mass is 35.5. The third-order valence-corrected chi connectivity index (χ3v) is 5.29. The minimum Gasteiger partial charge on any atom is -0.288 e. The molecule has 0 heterocycles. The Morgan fingerprint density at radius 3 is 2.50 bits per heavy atom. The average Bonchev–Trinajstić information content (AvgIpc) is 2.59. The maximum absolute atomic E-state index is 12.6. The van der Waals surface area contributed by atoms with E-state index < -0.39 is 15.9 Å². The van der Waals surface area contributed by atoms with Crippen LogP contribution in [0.15, 0.2) is 59.5 Å². The van der Waals surface area contributed by atoms with Crippen molar-refractivity contribution < 1.29 is 18.4 Å². The van der Waals surface area contributed by atoms with Crippen molar-refractivity contribution in [3.8, 4) is 0 Å². The van der Waals surface area contributed by atoms with Crippen molar-refractivity contribution in [2.45, 2.75) is 4.90 Å². The summed E-state index contributed by atoms with van der Waals surface area (Å²) in [7, 11) is -2.29. The fraction of sp³-hybridized carbons (Fsp3) is 0.0625. The second-order valence-corrected chi connectivity index (χ2v) is 7.24. The second-order valence-electron chi connectivity index (χ2n) is 4.83. The van der Waals surface area contributed by atoms with Gasteiger partial charge in [0.25, 0.3) is 15.9 Å². The van der Waals surface area contributed by atoms with Crippen molar-refractivity contribution in [2.75, 3.05) is 11.4 Å². The lowest BCUT2D eigenvalue weighted by Crippen LogP contribution is -2.26. The van der Waals surface area contributed by atoms with Gasteiger partial charge in [0.1, 0.15) is 0 Å². The lowest BCUT2D eigenvalue weighted by atomic mass is 10.2. The van der Waals surface area contributed by atoms with Crippen LogP contribution in [0.25, 0.3) is 6.08 Å². The summed E-state index contributed by atoms with van der Waals surface area (Å²) in [6, 6.07) is 12.5. The first kappa shape index (κ1) is 18.0. The van der Waals surface area contributed by atoms with E-state index in [2.05, 4.69) is 0 Å². The SMILES string of the molecule is CN(c1cccc(/C=C/C(=O)NO)c1)S(=O)(=O)c1ccc(Cl)cc1. The number of halogens is 1. The van der Waals surface area contributed by atoms with E-state index in [0.29, 0.717) is 16.3 Å². The smallest absolute Gasteiger partial charge is 0.267 e. The number of rotatable bonds is 5. The van der Waals surface area contributed by atoms with Gasteiger partial charge in [-0.1, -0.05) is 23.7 Å². The van der Waals surface area contributed by atoms with Gasteiger partial charge >= 0.3 is 0 Å². The molecule has 0 aliphatic rings. The predicted octanol–water partition coefficient (Wildman–Crippen LogP) is 2.68. The summed E-state index contributed by atoms with van der Waals surface area (Å²) < 4.78 is 26.4. The fourth-order valence-electron chi connectivity index (χ4n) is 1.94. The molecule has 2 aromatic rings. The molecule has 126 valence electrons. The van der Waals surface area contributed by atoms with Gasteiger partial charge in [0.15, 0.2) is 0 Å². The number of amides is 1. The van der Waals surface area contributed by atoms with E-state index in [9.17, 15) is 13.2 Å². The molecule has 0 aromatic heterocycles. The van der Waals surface area contributed by atoms with Gasteiger partial charge < -0.3 is 0 Å². The molecule has 0 atom stereocenters. The first-order chi connectivity index (χ1) is 11.3. The van der Waals surface area contributed by atoms with Crippen molar-refractivity contribution in [1.29, 1.82) is 0 Å². The number of hydroxylamine groups is 1. The van der Waals surface area contributed by atoms with Crippen LogP contribution in [0.3, 0.4) is 0 Å². The molecule has 8 heteroatoms. The van der Waals surface area contributed by atoms with Gasteiger partial charge in [-0.2, -0.15) is 0 Å². The largest absolute Gasteiger partial charge is 0.288 e. The van der Waals surface area contributed by atoms with Crippen molar-refractivity contribution in [2.24, 2.45) is 0 Å². The molecule has 6 nitrogen and oxygen atoms in total. The molecule has 0 bridgehead atoms. The van der Waals surface area contributed by atoms with Crippen molar-refractivity contribution in [3.63, 3.8) is 0 Å². The standard InChI is InChI=1S/C16H15ClN2O4S/c1-19(24(22,23)15-8-6-13(17)7-9-15)14-4-2-3-12(11-14)5-10-16(20)18-21/h2-11,21H,1H3,(H,18,20)/b10-5+. The number of benzene rings is 2. The number of anilines is 1. The summed E-state index contributed by atoms with van der Waals surface area (Å²) in [6.07, 6.45) is 2.59. The van der Waals surface area contributed by atoms with E-state index in [1.807, 2.05) is 0 Å². The van der Waals surface area contributed by atoms with Gasteiger partial charge in [-0.15, -0.1) is 0 Å². The zero-order valence-electron chi connectivity index (χ0n) is 12.7. The Morgan fingerprint density at radius 2 is 1.88 bits per heavy atom. The zero-order chi connectivity index (χ0) is 17.7.